The third kappa shape index (κ3) is 8.94. The zero-order chi connectivity index (χ0) is 32.8. The van der Waals surface area contributed by atoms with Gasteiger partial charge >= 0.3 is 5.97 Å². The van der Waals surface area contributed by atoms with Crippen molar-refractivity contribution in [1.82, 2.24) is 10.2 Å². The molecule has 6 atom stereocenters. The first-order valence-corrected chi connectivity index (χ1v) is 16.7. The van der Waals surface area contributed by atoms with Crippen LogP contribution in [0.5, 0.6) is 0 Å². The van der Waals surface area contributed by atoms with Crippen LogP contribution in [0.2, 0.25) is 0 Å². The molecule has 0 bridgehead atoms. The predicted octanol–water partition coefficient (Wildman–Crippen LogP) is 5.47. The highest BCUT2D eigenvalue weighted by Crippen LogP contribution is 2.42. The van der Waals surface area contributed by atoms with Gasteiger partial charge in [0.15, 0.2) is 6.29 Å². The molecule has 0 radical (unpaired) electrons. The van der Waals surface area contributed by atoms with Gasteiger partial charge in [0.1, 0.15) is 0 Å². The first-order chi connectivity index (χ1) is 22.0. The Balaban J connectivity index is 1.41. The van der Waals surface area contributed by atoms with Crippen LogP contribution < -0.4 is 10.6 Å². The molecule has 4 N–H and O–H groups in total. The van der Waals surface area contributed by atoms with E-state index in [1.54, 1.807) is 12.1 Å². The van der Waals surface area contributed by atoms with E-state index in [0.717, 1.165) is 42.4 Å². The van der Waals surface area contributed by atoms with E-state index in [0.29, 0.717) is 30.6 Å². The van der Waals surface area contributed by atoms with Gasteiger partial charge in [-0.25, -0.2) is 0 Å². The largest absolute Gasteiger partial charge is 0.481 e. The Morgan fingerprint density at radius 3 is 2.41 bits per heavy atom. The highest BCUT2D eigenvalue weighted by atomic mass is 16.7. The Morgan fingerprint density at radius 2 is 1.70 bits per heavy atom. The van der Waals surface area contributed by atoms with Gasteiger partial charge in [0.05, 0.1) is 31.3 Å². The molecule has 3 aliphatic rings. The van der Waals surface area contributed by atoms with Crippen molar-refractivity contribution in [2.45, 2.75) is 121 Å². The summed E-state index contributed by atoms with van der Waals surface area (Å²) in [5, 5.41) is 24.6. The number of aliphatic hydroxyl groups excluding tert-OH is 1. The summed E-state index contributed by atoms with van der Waals surface area (Å²) in [7, 11) is 0. The summed E-state index contributed by atoms with van der Waals surface area (Å²) in [6.45, 7) is 6.61. The van der Waals surface area contributed by atoms with Crippen LogP contribution in [-0.2, 0) is 30.5 Å². The molecule has 2 aliphatic heterocycles. The quantitative estimate of drug-likeness (QED) is 0.270. The zero-order valence-corrected chi connectivity index (χ0v) is 27.2. The van der Waals surface area contributed by atoms with Gasteiger partial charge in [-0.15, -0.1) is 0 Å². The van der Waals surface area contributed by atoms with Crippen molar-refractivity contribution in [2.75, 3.05) is 11.9 Å². The maximum atomic E-state index is 13.7. The molecular formula is C36H49N3O7. The summed E-state index contributed by atoms with van der Waals surface area (Å²) in [6, 6.07) is 15.1. The van der Waals surface area contributed by atoms with Crippen molar-refractivity contribution in [3.8, 4) is 0 Å². The molecule has 2 heterocycles. The molecule has 3 fully saturated rings. The topological polar surface area (TPSA) is 137 Å². The van der Waals surface area contributed by atoms with E-state index in [1.165, 1.54) is 12.8 Å². The average Bonchev–Trinajstić information content (AvgIpc) is 3.03. The number of fused-ring (bicyclic) bond motifs is 1. The van der Waals surface area contributed by atoms with Gasteiger partial charge in [-0.1, -0.05) is 49.2 Å². The van der Waals surface area contributed by atoms with Crippen LogP contribution in [0, 0.1) is 5.92 Å². The minimum atomic E-state index is -1.02. The molecule has 10 nitrogen and oxygen atoms in total. The van der Waals surface area contributed by atoms with Crippen molar-refractivity contribution in [1.29, 1.82) is 0 Å². The van der Waals surface area contributed by atoms with Crippen LogP contribution in [0.25, 0.3) is 0 Å². The molecule has 2 aromatic rings. The first kappa shape index (κ1) is 34.0. The van der Waals surface area contributed by atoms with Crippen LogP contribution in [0.1, 0.15) is 108 Å². The molecule has 46 heavy (non-hydrogen) atoms. The lowest BCUT2D eigenvalue weighted by Crippen LogP contribution is -2.61. The fraction of sp³-hybridized carbons (Fsp3) is 0.583. The summed E-state index contributed by atoms with van der Waals surface area (Å²) < 4.78 is 13.3. The fourth-order valence-corrected chi connectivity index (χ4v) is 7.20. The van der Waals surface area contributed by atoms with Gasteiger partial charge < -0.3 is 30.3 Å². The monoisotopic (exact) mass is 635 g/mol. The Labute approximate surface area is 271 Å². The van der Waals surface area contributed by atoms with Crippen LogP contribution in [-0.4, -0.2) is 63.2 Å². The van der Waals surface area contributed by atoms with Crippen molar-refractivity contribution in [2.24, 2.45) is 5.92 Å². The Bertz CT molecular complexity index is 1360. The number of rotatable bonds is 10. The maximum absolute atomic E-state index is 13.7. The number of aliphatic carboxylic acids is 1. The number of aliphatic hydroxyl groups is 1. The third-order valence-electron chi connectivity index (χ3n) is 9.34. The second-order valence-electron chi connectivity index (χ2n) is 14.1. The van der Waals surface area contributed by atoms with Gasteiger partial charge in [-0.2, -0.15) is 0 Å². The van der Waals surface area contributed by atoms with Crippen molar-refractivity contribution in [3.05, 3.63) is 65.2 Å². The number of hydrogen-bond acceptors (Lipinski definition) is 7. The van der Waals surface area contributed by atoms with Crippen LogP contribution in [0.4, 0.5) is 5.69 Å². The van der Waals surface area contributed by atoms with E-state index < -0.39 is 12.3 Å². The summed E-state index contributed by atoms with van der Waals surface area (Å²) in [4.78, 5) is 39.4. The molecular weight excluding hydrogens is 586 g/mol. The molecule has 2 saturated heterocycles. The number of likely N-dealkylation sites (tertiary alicyclic amines) is 1. The normalized spacial score (nSPS) is 27.0. The Morgan fingerprint density at radius 1 is 0.935 bits per heavy atom. The molecule has 10 heteroatoms. The predicted molar refractivity (Wildman–Crippen MR) is 174 cm³/mol. The highest BCUT2D eigenvalue weighted by molar-refractivity contribution is 5.92. The number of anilines is 1. The second kappa shape index (κ2) is 15.1. The van der Waals surface area contributed by atoms with Crippen LogP contribution in [0.15, 0.2) is 48.5 Å². The van der Waals surface area contributed by atoms with Gasteiger partial charge in [0.25, 0.3) is 0 Å². The molecule has 5 rings (SSSR count). The molecule has 2 aromatic carbocycles. The molecule has 0 aromatic heterocycles. The molecule has 0 spiro atoms. The number of nitrogens with one attached hydrogen (secondary N) is 2. The van der Waals surface area contributed by atoms with Crippen LogP contribution in [0.3, 0.4) is 0 Å². The standard InChI is InChI=1S/C36H49N3O7/c1-36(2,3)38-34(44)30-16-15-24-7-4-5-10-29(24)39(30)21-28-20-31(25-13-11-23(22-40)12-14-25)46-35(45-28)26-8-6-9-27(19-26)37-32(41)17-18-33(42)43/h6,8-9,11-14,19,24,28-31,35,40H,4-5,7,10,15-18,20-22H2,1-3H3,(H,37,41)(H,38,44)(H,42,43)/t24-,28-,29-,30-,31+,35+/m1/s1. The number of carboxylic acid groups (broad SMARTS) is 1. The lowest BCUT2D eigenvalue weighted by atomic mass is 9.75. The Hall–Kier alpha value is -3.31. The van der Waals surface area contributed by atoms with Crippen LogP contribution >= 0.6 is 0 Å². The molecule has 0 unspecified atom stereocenters. The lowest BCUT2D eigenvalue weighted by Gasteiger charge is -2.50. The van der Waals surface area contributed by atoms with Crippen molar-refractivity contribution in [3.63, 3.8) is 0 Å². The SMILES string of the molecule is CC(C)(C)NC(=O)[C@H]1CC[C@H]2CCCC[C@H]2N1C[C@H]1C[C@@H](c2ccc(CO)cc2)O[C@@H](c2cccc(NC(=O)CCC(=O)O)c2)O1. The number of amides is 2. The van der Waals surface area contributed by atoms with Gasteiger partial charge in [0, 0.05) is 42.2 Å². The smallest absolute Gasteiger partial charge is 0.303 e. The van der Waals surface area contributed by atoms with E-state index in [4.69, 9.17) is 14.6 Å². The molecule has 250 valence electrons. The highest BCUT2D eigenvalue weighted by Gasteiger charge is 2.44. The number of carbonyl (C=O) groups excluding carboxylic acids is 2. The minimum Gasteiger partial charge on any atom is -0.481 e. The summed E-state index contributed by atoms with van der Waals surface area (Å²) in [5.41, 5.74) is 2.73. The van der Waals surface area contributed by atoms with Crippen molar-refractivity contribution < 1.29 is 34.1 Å². The zero-order valence-electron chi connectivity index (χ0n) is 27.2. The number of hydrogen-bond donors (Lipinski definition) is 4. The maximum Gasteiger partial charge on any atom is 0.303 e. The summed E-state index contributed by atoms with van der Waals surface area (Å²) in [5.74, 6) is -0.756. The third-order valence-corrected chi connectivity index (χ3v) is 9.34. The Kier molecular flexibility index (Phi) is 11.1. The summed E-state index contributed by atoms with van der Waals surface area (Å²) in [6.07, 6.45) is 5.53. The number of nitrogens with zero attached hydrogens (tertiary/aromatic N) is 1. The fourth-order valence-electron chi connectivity index (χ4n) is 7.20. The van der Waals surface area contributed by atoms with Gasteiger partial charge in [0.2, 0.25) is 11.8 Å². The van der Waals surface area contributed by atoms with E-state index in [9.17, 15) is 19.5 Å². The molecule has 1 aliphatic carbocycles. The van der Waals surface area contributed by atoms with Gasteiger partial charge in [-0.3, -0.25) is 19.3 Å². The first-order valence-electron chi connectivity index (χ1n) is 16.7. The number of carboxylic acids is 1. The number of benzene rings is 2. The summed E-state index contributed by atoms with van der Waals surface area (Å²) >= 11 is 0. The molecule has 2 amide bonds. The second-order valence-corrected chi connectivity index (χ2v) is 14.1. The number of ether oxygens (including phenoxy) is 2. The van der Waals surface area contributed by atoms with Crippen molar-refractivity contribution >= 4 is 23.5 Å². The molecule has 1 saturated carbocycles. The average molecular weight is 636 g/mol. The van der Waals surface area contributed by atoms with E-state index in [-0.39, 0.29) is 55.1 Å². The van der Waals surface area contributed by atoms with E-state index in [2.05, 4.69) is 15.5 Å². The lowest BCUT2D eigenvalue weighted by molar-refractivity contribution is -0.255. The van der Waals surface area contributed by atoms with Gasteiger partial charge in [-0.05, 0) is 75.6 Å². The van der Waals surface area contributed by atoms with E-state index >= 15 is 0 Å². The minimum absolute atomic E-state index is 0.0410. The van der Waals surface area contributed by atoms with E-state index in [1.807, 2.05) is 57.2 Å². The number of piperidine rings is 1. The number of carbonyl (C=O) groups is 3.